The van der Waals surface area contributed by atoms with E-state index < -0.39 is 5.60 Å². The highest BCUT2D eigenvalue weighted by Gasteiger charge is 2.43. The molecule has 0 radical (unpaired) electrons. The number of hydrogen-bond acceptors (Lipinski definition) is 7. The van der Waals surface area contributed by atoms with E-state index in [1.807, 2.05) is 11.8 Å². The predicted molar refractivity (Wildman–Crippen MR) is 85.3 cm³/mol. The zero-order valence-corrected chi connectivity index (χ0v) is 14.0. The lowest BCUT2D eigenvalue weighted by Crippen LogP contribution is -2.59. The Bertz CT molecular complexity index is 521. The van der Waals surface area contributed by atoms with E-state index in [1.165, 1.54) is 11.5 Å². The Labute approximate surface area is 134 Å². The van der Waals surface area contributed by atoms with Gasteiger partial charge in [0.1, 0.15) is 11.4 Å². The Morgan fingerprint density at radius 1 is 1.27 bits per heavy atom. The lowest BCUT2D eigenvalue weighted by molar-refractivity contribution is -0.158. The fraction of sp³-hybridized carbons (Fsp3) is 0.786. The highest BCUT2D eigenvalue weighted by Crippen LogP contribution is 2.26. The summed E-state index contributed by atoms with van der Waals surface area (Å²) in [6.07, 6.45) is 1.50. The van der Waals surface area contributed by atoms with Crippen LogP contribution in [0.3, 0.4) is 0 Å². The number of aromatic nitrogens is 2. The molecular weight excluding hydrogens is 302 g/mol. The standard InChI is InChI=1S/C14H23N5O2S/c1-11-16-13(22-17-11)19-9-7-18(8-10-19)12(20)14(21-2)3-5-15-6-4-14/h15H,3-10H2,1-2H3. The lowest BCUT2D eigenvalue weighted by Gasteiger charge is -2.42. The number of carbonyl (C=O) groups excluding carboxylic acids is 1. The molecule has 1 aromatic rings. The molecule has 2 fully saturated rings. The fourth-order valence-corrected chi connectivity index (χ4v) is 3.87. The topological polar surface area (TPSA) is 70.6 Å². The van der Waals surface area contributed by atoms with Crippen molar-refractivity contribution >= 4 is 22.6 Å². The number of piperazine rings is 1. The summed E-state index contributed by atoms with van der Waals surface area (Å²) in [5.41, 5.74) is -0.632. The number of nitrogens with one attached hydrogen (secondary N) is 1. The van der Waals surface area contributed by atoms with Crippen molar-refractivity contribution in [2.24, 2.45) is 0 Å². The van der Waals surface area contributed by atoms with Crippen LogP contribution < -0.4 is 10.2 Å². The van der Waals surface area contributed by atoms with E-state index in [-0.39, 0.29) is 5.91 Å². The molecule has 122 valence electrons. The quantitative estimate of drug-likeness (QED) is 0.860. The second-order valence-corrected chi connectivity index (χ2v) is 6.58. The van der Waals surface area contributed by atoms with E-state index >= 15 is 0 Å². The Hall–Kier alpha value is -1.25. The molecule has 0 unspecified atom stereocenters. The predicted octanol–water partition coefficient (Wildman–Crippen LogP) is 0.264. The minimum Gasteiger partial charge on any atom is -0.368 e. The van der Waals surface area contributed by atoms with Crippen LogP contribution in [-0.2, 0) is 9.53 Å². The van der Waals surface area contributed by atoms with Gasteiger partial charge in [-0.05, 0) is 32.9 Å². The van der Waals surface area contributed by atoms with Gasteiger partial charge in [0, 0.05) is 44.8 Å². The van der Waals surface area contributed by atoms with E-state index in [9.17, 15) is 4.79 Å². The maximum absolute atomic E-state index is 12.9. The van der Waals surface area contributed by atoms with Crippen molar-refractivity contribution in [3.63, 3.8) is 0 Å². The number of amides is 1. The molecule has 3 heterocycles. The summed E-state index contributed by atoms with van der Waals surface area (Å²) in [6.45, 7) is 6.62. The van der Waals surface area contributed by atoms with Crippen LogP contribution in [0, 0.1) is 6.92 Å². The van der Waals surface area contributed by atoms with Gasteiger partial charge in [-0.15, -0.1) is 0 Å². The number of anilines is 1. The Kier molecular flexibility index (Phi) is 4.60. The number of piperidine rings is 1. The van der Waals surface area contributed by atoms with Crippen molar-refractivity contribution < 1.29 is 9.53 Å². The second kappa shape index (κ2) is 6.47. The third-order valence-corrected chi connectivity index (χ3v) is 5.41. The molecular formula is C14H23N5O2S. The van der Waals surface area contributed by atoms with E-state index in [2.05, 4.69) is 19.6 Å². The summed E-state index contributed by atoms with van der Waals surface area (Å²) in [5.74, 6) is 0.955. The molecule has 2 aliphatic heterocycles. The van der Waals surface area contributed by atoms with Crippen LogP contribution in [-0.4, -0.2) is 72.1 Å². The summed E-state index contributed by atoms with van der Waals surface area (Å²) in [4.78, 5) is 21.5. The molecule has 8 heteroatoms. The zero-order valence-electron chi connectivity index (χ0n) is 13.2. The summed E-state index contributed by atoms with van der Waals surface area (Å²) >= 11 is 1.43. The Balaban J connectivity index is 1.61. The lowest BCUT2D eigenvalue weighted by atomic mass is 9.90. The average Bonchev–Trinajstić information content (AvgIpc) is 3.01. The third-order valence-electron chi connectivity index (χ3n) is 4.55. The number of rotatable bonds is 3. The number of methoxy groups -OCH3 is 1. The molecule has 2 aliphatic rings. The van der Waals surface area contributed by atoms with E-state index in [0.717, 1.165) is 63.1 Å². The van der Waals surface area contributed by atoms with Gasteiger partial charge < -0.3 is 19.9 Å². The first kappa shape index (κ1) is 15.6. The third kappa shape index (κ3) is 2.95. The monoisotopic (exact) mass is 325 g/mol. The van der Waals surface area contributed by atoms with Gasteiger partial charge in [-0.2, -0.15) is 4.37 Å². The Morgan fingerprint density at radius 2 is 1.95 bits per heavy atom. The minimum absolute atomic E-state index is 0.143. The van der Waals surface area contributed by atoms with Gasteiger partial charge in [0.05, 0.1) is 0 Å². The molecule has 0 bridgehead atoms. The van der Waals surface area contributed by atoms with Crippen LogP contribution in [0.15, 0.2) is 0 Å². The number of nitrogens with zero attached hydrogens (tertiary/aromatic N) is 4. The van der Waals surface area contributed by atoms with E-state index in [0.29, 0.717) is 0 Å². The molecule has 0 saturated carbocycles. The molecule has 22 heavy (non-hydrogen) atoms. The van der Waals surface area contributed by atoms with Crippen LogP contribution in [0.1, 0.15) is 18.7 Å². The SMILES string of the molecule is COC1(C(=O)N2CCN(c3nc(C)ns3)CC2)CCNCC1. The van der Waals surface area contributed by atoms with Gasteiger partial charge in [0.2, 0.25) is 5.13 Å². The van der Waals surface area contributed by atoms with Gasteiger partial charge in [-0.1, -0.05) is 0 Å². The molecule has 0 aromatic carbocycles. The highest BCUT2D eigenvalue weighted by molar-refractivity contribution is 7.09. The summed E-state index contributed by atoms with van der Waals surface area (Å²) < 4.78 is 9.87. The minimum atomic E-state index is -0.632. The number of carbonyl (C=O) groups is 1. The maximum atomic E-state index is 12.9. The molecule has 7 nitrogen and oxygen atoms in total. The average molecular weight is 325 g/mol. The van der Waals surface area contributed by atoms with Crippen molar-refractivity contribution in [3.8, 4) is 0 Å². The molecule has 1 aromatic heterocycles. The van der Waals surface area contributed by atoms with Gasteiger partial charge in [-0.25, -0.2) is 4.98 Å². The van der Waals surface area contributed by atoms with Gasteiger partial charge in [-0.3, -0.25) is 4.79 Å². The summed E-state index contributed by atoms with van der Waals surface area (Å²) in [5, 5.41) is 4.24. The highest BCUT2D eigenvalue weighted by atomic mass is 32.1. The normalized spacial score (nSPS) is 21.9. The molecule has 3 rings (SSSR count). The maximum Gasteiger partial charge on any atom is 0.255 e. The number of hydrogen-bond donors (Lipinski definition) is 1. The summed E-state index contributed by atoms with van der Waals surface area (Å²) in [6, 6.07) is 0. The molecule has 0 spiro atoms. The van der Waals surface area contributed by atoms with Crippen molar-refractivity contribution in [2.75, 3.05) is 51.3 Å². The van der Waals surface area contributed by atoms with Crippen LogP contribution in [0.25, 0.3) is 0 Å². The van der Waals surface area contributed by atoms with Crippen molar-refractivity contribution in [1.29, 1.82) is 0 Å². The van der Waals surface area contributed by atoms with Crippen molar-refractivity contribution in [3.05, 3.63) is 5.82 Å². The fourth-order valence-electron chi connectivity index (χ4n) is 3.14. The molecule has 0 atom stereocenters. The van der Waals surface area contributed by atoms with E-state index in [4.69, 9.17) is 4.74 Å². The van der Waals surface area contributed by atoms with Crippen LogP contribution >= 0.6 is 11.5 Å². The molecule has 2 saturated heterocycles. The zero-order chi connectivity index (χ0) is 15.6. The van der Waals surface area contributed by atoms with Crippen molar-refractivity contribution in [1.82, 2.24) is 19.6 Å². The molecule has 1 N–H and O–H groups in total. The smallest absolute Gasteiger partial charge is 0.255 e. The first-order valence-corrected chi connectivity index (χ1v) is 8.52. The second-order valence-electron chi connectivity index (χ2n) is 5.85. The van der Waals surface area contributed by atoms with Crippen molar-refractivity contribution in [2.45, 2.75) is 25.4 Å². The number of ether oxygens (including phenoxy) is 1. The van der Waals surface area contributed by atoms with Gasteiger partial charge in [0.15, 0.2) is 0 Å². The number of aryl methyl sites for hydroxylation is 1. The van der Waals surface area contributed by atoms with Gasteiger partial charge in [0.25, 0.3) is 5.91 Å². The van der Waals surface area contributed by atoms with Crippen LogP contribution in [0.4, 0.5) is 5.13 Å². The Morgan fingerprint density at radius 3 is 2.50 bits per heavy atom. The first-order chi connectivity index (χ1) is 10.6. The largest absolute Gasteiger partial charge is 0.368 e. The molecule has 1 amide bonds. The first-order valence-electron chi connectivity index (χ1n) is 7.75. The summed E-state index contributed by atoms with van der Waals surface area (Å²) in [7, 11) is 1.66. The van der Waals surface area contributed by atoms with Gasteiger partial charge >= 0.3 is 0 Å². The van der Waals surface area contributed by atoms with Crippen LogP contribution in [0.5, 0.6) is 0 Å². The van der Waals surface area contributed by atoms with Crippen LogP contribution in [0.2, 0.25) is 0 Å². The van der Waals surface area contributed by atoms with E-state index in [1.54, 1.807) is 7.11 Å². The molecule has 0 aliphatic carbocycles.